The molecule has 0 aliphatic carbocycles. The van der Waals surface area contributed by atoms with Gasteiger partial charge in [-0.25, -0.2) is 4.79 Å². The quantitative estimate of drug-likeness (QED) is 0.676. The molecule has 0 bridgehead atoms. The topological polar surface area (TPSA) is 91.0 Å². The molecule has 1 aliphatic rings. The maximum Gasteiger partial charge on any atom is 0.319 e. The second-order valence-corrected chi connectivity index (χ2v) is 8.42. The molecule has 1 fully saturated rings. The summed E-state index contributed by atoms with van der Waals surface area (Å²) in [5, 5.41) is 5.56. The lowest BCUT2D eigenvalue weighted by Crippen LogP contribution is -2.57. The van der Waals surface area contributed by atoms with E-state index in [9.17, 15) is 14.4 Å². The first-order valence-electron chi connectivity index (χ1n) is 11.2. The lowest BCUT2D eigenvalue weighted by molar-refractivity contribution is -0.141. The number of methoxy groups -OCH3 is 1. The number of ether oxygens (including phenoxy) is 1. The highest BCUT2D eigenvalue weighted by Gasteiger charge is 2.31. The molecule has 8 heteroatoms. The maximum absolute atomic E-state index is 13.1. The minimum Gasteiger partial charge on any atom is -0.497 e. The van der Waals surface area contributed by atoms with Gasteiger partial charge in [-0.3, -0.25) is 9.59 Å². The number of para-hydroxylation sites is 1. The van der Waals surface area contributed by atoms with Gasteiger partial charge < -0.3 is 25.2 Å². The lowest BCUT2D eigenvalue weighted by atomic mass is 10.0. The summed E-state index contributed by atoms with van der Waals surface area (Å²) in [5.41, 5.74) is 1.56. The van der Waals surface area contributed by atoms with E-state index in [0.29, 0.717) is 38.3 Å². The van der Waals surface area contributed by atoms with Crippen molar-refractivity contribution in [1.29, 1.82) is 0 Å². The molecule has 2 aromatic carbocycles. The normalized spacial score (nSPS) is 14.5. The Hall–Kier alpha value is -3.55. The molecule has 0 radical (unpaired) electrons. The van der Waals surface area contributed by atoms with Crippen molar-refractivity contribution in [3.05, 3.63) is 60.2 Å². The smallest absolute Gasteiger partial charge is 0.319 e. The number of benzene rings is 2. The van der Waals surface area contributed by atoms with Gasteiger partial charge in [-0.05, 0) is 35.7 Å². The molecular weight excluding hydrogens is 420 g/mol. The second kappa shape index (κ2) is 11.4. The Kier molecular flexibility index (Phi) is 8.29. The molecule has 176 valence electrons. The monoisotopic (exact) mass is 452 g/mol. The molecule has 1 unspecified atom stereocenters. The molecule has 3 rings (SSSR count). The fourth-order valence-corrected chi connectivity index (χ4v) is 3.79. The van der Waals surface area contributed by atoms with E-state index in [0.717, 1.165) is 11.3 Å². The molecule has 1 aliphatic heterocycles. The highest BCUT2D eigenvalue weighted by molar-refractivity contribution is 5.94. The highest BCUT2D eigenvalue weighted by atomic mass is 16.5. The standard InChI is InChI=1S/C25H32N4O4/c1-18(2)23(27-25(32)26-20-9-5-4-6-10-20)24(31)29-14-12-28(13-15-29)22(30)17-19-8-7-11-21(16-19)33-3/h4-11,16,18,23H,12-15,17H2,1-3H3,(H2,26,27,32). The van der Waals surface area contributed by atoms with Gasteiger partial charge in [-0.2, -0.15) is 0 Å². The first-order chi connectivity index (χ1) is 15.9. The van der Waals surface area contributed by atoms with Crippen LogP contribution in [0.15, 0.2) is 54.6 Å². The van der Waals surface area contributed by atoms with E-state index in [2.05, 4.69) is 10.6 Å². The zero-order valence-corrected chi connectivity index (χ0v) is 19.4. The summed E-state index contributed by atoms with van der Waals surface area (Å²) in [6.45, 7) is 5.62. The molecular formula is C25H32N4O4. The molecule has 2 N–H and O–H groups in total. The Balaban J connectivity index is 1.52. The lowest BCUT2D eigenvalue weighted by Gasteiger charge is -2.37. The first-order valence-corrected chi connectivity index (χ1v) is 11.2. The van der Waals surface area contributed by atoms with Crippen molar-refractivity contribution in [2.75, 3.05) is 38.6 Å². The first kappa shape index (κ1) is 24.1. The van der Waals surface area contributed by atoms with Crippen LogP contribution in [0.25, 0.3) is 0 Å². The molecule has 4 amide bonds. The van der Waals surface area contributed by atoms with E-state index in [1.54, 1.807) is 29.0 Å². The van der Waals surface area contributed by atoms with Crippen molar-refractivity contribution in [3.8, 4) is 5.75 Å². The maximum atomic E-state index is 13.1. The van der Waals surface area contributed by atoms with Gasteiger partial charge in [-0.15, -0.1) is 0 Å². The van der Waals surface area contributed by atoms with E-state index in [4.69, 9.17) is 4.74 Å². The van der Waals surface area contributed by atoms with Crippen LogP contribution < -0.4 is 15.4 Å². The fourth-order valence-electron chi connectivity index (χ4n) is 3.79. The van der Waals surface area contributed by atoms with Gasteiger partial charge in [0.25, 0.3) is 0 Å². The average molecular weight is 453 g/mol. The molecule has 0 aromatic heterocycles. The third kappa shape index (κ3) is 6.71. The predicted octanol–water partition coefficient (Wildman–Crippen LogP) is 2.75. The van der Waals surface area contributed by atoms with Crippen molar-refractivity contribution >= 4 is 23.5 Å². The zero-order valence-electron chi connectivity index (χ0n) is 19.4. The van der Waals surface area contributed by atoms with Gasteiger partial charge in [0.15, 0.2) is 0 Å². The summed E-state index contributed by atoms with van der Waals surface area (Å²) in [4.78, 5) is 41.8. The Morgan fingerprint density at radius 2 is 1.61 bits per heavy atom. The van der Waals surface area contributed by atoms with Gasteiger partial charge in [-0.1, -0.05) is 44.2 Å². The Bertz CT molecular complexity index is 956. The third-order valence-electron chi connectivity index (χ3n) is 5.68. The van der Waals surface area contributed by atoms with Crippen molar-refractivity contribution in [2.45, 2.75) is 26.3 Å². The zero-order chi connectivity index (χ0) is 23.8. The Morgan fingerprint density at radius 1 is 0.939 bits per heavy atom. The molecule has 1 atom stereocenters. The van der Waals surface area contributed by atoms with Gasteiger partial charge in [0.05, 0.1) is 13.5 Å². The minimum atomic E-state index is -0.646. The van der Waals surface area contributed by atoms with Crippen molar-refractivity contribution in [2.24, 2.45) is 5.92 Å². The van der Waals surface area contributed by atoms with Gasteiger partial charge in [0, 0.05) is 31.9 Å². The van der Waals surface area contributed by atoms with E-state index in [-0.39, 0.29) is 17.7 Å². The number of amides is 4. The van der Waals surface area contributed by atoms with Gasteiger partial charge in [0.1, 0.15) is 11.8 Å². The minimum absolute atomic E-state index is 0.0242. The number of nitrogens with one attached hydrogen (secondary N) is 2. The van der Waals surface area contributed by atoms with Crippen molar-refractivity contribution < 1.29 is 19.1 Å². The van der Waals surface area contributed by atoms with E-state index < -0.39 is 12.1 Å². The highest BCUT2D eigenvalue weighted by Crippen LogP contribution is 2.15. The molecule has 33 heavy (non-hydrogen) atoms. The Labute approximate surface area is 194 Å². The summed E-state index contributed by atoms with van der Waals surface area (Å²) in [5.74, 6) is 0.537. The SMILES string of the molecule is COc1cccc(CC(=O)N2CCN(C(=O)C(NC(=O)Nc3ccccc3)C(C)C)CC2)c1. The number of hydrogen-bond donors (Lipinski definition) is 2. The Morgan fingerprint density at radius 3 is 2.24 bits per heavy atom. The van der Waals surface area contributed by atoms with E-state index >= 15 is 0 Å². The molecule has 1 heterocycles. The van der Waals surface area contributed by atoms with Crippen LogP contribution in [0.5, 0.6) is 5.75 Å². The predicted molar refractivity (Wildman–Crippen MR) is 127 cm³/mol. The molecule has 0 spiro atoms. The van der Waals surface area contributed by atoms with Crippen LogP contribution in [0.1, 0.15) is 19.4 Å². The summed E-state index contributed by atoms with van der Waals surface area (Å²) in [6.07, 6.45) is 0.293. The fraction of sp³-hybridized carbons (Fsp3) is 0.400. The van der Waals surface area contributed by atoms with E-state index in [1.807, 2.05) is 56.3 Å². The number of piperazine rings is 1. The summed E-state index contributed by atoms with van der Waals surface area (Å²) in [6, 6.07) is 15.5. The van der Waals surface area contributed by atoms with Crippen LogP contribution in [0, 0.1) is 5.92 Å². The second-order valence-electron chi connectivity index (χ2n) is 8.42. The van der Waals surface area contributed by atoms with Crippen molar-refractivity contribution in [3.63, 3.8) is 0 Å². The van der Waals surface area contributed by atoms with E-state index in [1.165, 1.54) is 0 Å². The third-order valence-corrected chi connectivity index (χ3v) is 5.68. The number of carbonyl (C=O) groups is 3. The van der Waals surface area contributed by atoms with Gasteiger partial charge in [0.2, 0.25) is 11.8 Å². The van der Waals surface area contributed by atoms with Crippen LogP contribution in [-0.2, 0) is 16.0 Å². The number of rotatable bonds is 7. The summed E-state index contributed by atoms with van der Waals surface area (Å²) >= 11 is 0. The summed E-state index contributed by atoms with van der Waals surface area (Å²) in [7, 11) is 1.60. The average Bonchev–Trinajstić information content (AvgIpc) is 2.82. The van der Waals surface area contributed by atoms with Crippen LogP contribution in [0.3, 0.4) is 0 Å². The number of anilines is 1. The molecule has 1 saturated heterocycles. The molecule has 8 nitrogen and oxygen atoms in total. The van der Waals surface area contributed by atoms with Crippen molar-refractivity contribution in [1.82, 2.24) is 15.1 Å². The van der Waals surface area contributed by atoms with Crippen LogP contribution in [0.2, 0.25) is 0 Å². The number of nitrogens with zero attached hydrogens (tertiary/aromatic N) is 2. The largest absolute Gasteiger partial charge is 0.497 e. The van der Waals surface area contributed by atoms with Crippen LogP contribution in [0.4, 0.5) is 10.5 Å². The summed E-state index contributed by atoms with van der Waals surface area (Å²) < 4.78 is 5.22. The number of urea groups is 1. The molecule has 2 aromatic rings. The van der Waals surface area contributed by atoms with Crippen LogP contribution in [-0.4, -0.2) is 67.0 Å². The number of carbonyl (C=O) groups excluding carboxylic acids is 3. The molecule has 0 saturated carbocycles. The van der Waals surface area contributed by atoms with Crippen LogP contribution >= 0.6 is 0 Å². The van der Waals surface area contributed by atoms with Gasteiger partial charge >= 0.3 is 6.03 Å². The number of hydrogen-bond acceptors (Lipinski definition) is 4.